The standard InChI is InChI=1S/C31H35F4N5O4/c1-3-42-24-10-9-21(15-22(24)32)19-5-7-20(8-6-19)27(31(33,34)35)44-26-16-25(38-29(36)39-26)40-13-11-30(12-14-40)17-23(37-18-30)28(41)43-4-2/h5-10,15-16,23,27,37H,3-4,11-14,17-18H2,1-2H3,(H2,36,38,39)/t23-,27+/m0/s1. The molecule has 2 aliphatic rings. The lowest BCUT2D eigenvalue weighted by atomic mass is 9.76. The van der Waals surface area contributed by atoms with Crippen LogP contribution in [-0.2, 0) is 9.53 Å². The Hall–Kier alpha value is -4.13. The summed E-state index contributed by atoms with van der Waals surface area (Å²) in [5, 5.41) is 3.26. The van der Waals surface area contributed by atoms with Crippen LogP contribution in [0.2, 0.25) is 0 Å². The molecule has 2 fully saturated rings. The minimum atomic E-state index is -4.77. The van der Waals surface area contributed by atoms with Gasteiger partial charge >= 0.3 is 12.1 Å². The van der Waals surface area contributed by atoms with E-state index < -0.39 is 18.1 Å². The molecule has 0 saturated carbocycles. The summed E-state index contributed by atoms with van der Waals surface area (Å²) in [4.78, 5) is 22.3. The number of esters is 1. The summed E-state index contributed by atoms with van der Waals surface area (Å²) in [6.45, 7) is 5.97. The Morgan fingerprint density at radius 2 is 1.77 bits per heavy atom. The van der Waals surface area contributed by atoms with E-state index in [0.717, 1.165) is 12.8 Å². The smallest absolute Gasteiger partial charge is 0.429 e. The SMILES string of the molecule is CCOC(=O)[C@@H]1CC2(CCN(c3cc(O[C@H](c4ccc(-c5ccc(OCC)c(F)c5)cc4)C(F)(F)F)nc(N)n3)CC2)CN1. The van der Waals surface area contributed by atoms with Gasteiger partial charge in [0.05, 0.1) is 13.2 Å². The van der Waals surface area contributed by atoms with Gasteiger partial charge < -0.3 is 30.2 Å². The molecule has 0 radical (unpaired) electrons. The van der Waals surface area contributed by atoms with Crippen LogP contribution in [0.1, 0.15) is 44.8 Å². The molecule has 3 heterocycles. The zero-order valence-electron chi connectivity index (χ0n) is 24.5. The first-order valence-corrected chi connectivity index (χ1v) is 14.6. The molecule has 2 aromatic carbocycles. The van der Waals surface area contributed by atoms with Crippen molar-refractivity contribution in [3.05, 3.63) is 59.9 Å². The Morgan fingerprint density at radius 3 is 2.41 bits per heavy atom. The summed E-state index contributed by atoms with van der Waals surface area (Å²) in [6, 6.07) is 10.9. The molecule has 0 aliphatic carbocycles. The largest absolute Gasteiger partial charge is 0.491 e. The van der Waals surface area contributed by atoms with Gasteiger partial charge in [-0.1, -0.05) is 30.3 Å². The molecule has 3 aromatic rings. The summed E-state index contributed by atoms with van der Waals surface area (Å²) in [5.74, 6) is -0.870. The molecule has 0 amide bonds. The molecule has 13 heteroatoms. The van der Waals surface area contributed by atoms with Crippen molar-refractivity contribution in [3.63, 3.8) is 0 Å². The molecular weight excluding hydrogens is 582 g/mol. The van der Waals surface area contributed by atoms with Gasteiger partial charge in [-0.2, -0.15) is 23.1 Å². The van der Waals surface area contributed by atoms with E-state index >= 15 is 0 Å². The van der Waals surface area contributed by atoms with Crippen molar-refractivity contribution in [3.8, 4) is 22.8 Å². The molecule has 236 valence electrons. The molecule has 9 nitrogen and oxygen atoms in total. The number of ether oxygens (including phenoxy) is 3. The van der Waals surface area contributed by atoms with Gasteiger partial charge in [-0.25, -0.2) is 4.39 Å². The summed E-state index contributed by atoms with van der Waals surface area (Å²) in [7, 11) is 0. The second kappa shape index (κ2) is 12.8. The fraction of sp³-hybridized carbons (Fsp3) is 0.452. The molecular formula is C31H35F4N5O4. The first-order valence-electron chi connectivity index (χ1n) is 14.6. The fourth-order valence-electron chi connectivity index (χ4n) is 5.82. The van der Waals surface area contributed by atoms with Crippen LogP contribution in [0.3, 0.4) is 0 Å². The quantitative estimate of drug-likeness (QED) is 0.239. The maximum Gasteiger partial charge on any atom is 0.429 e. The van der Waals surface area contributed by atoms with Gasteiger partial charge in [-0.05, 0) is 61.8 Å². The van der Waals surface area contributed by atoms with Gasteiger partial charge in [-0.3, -0.25) is 4.79 Å². The number of aromatic nitrogens is 2. The van der Waals surface area contributed by atoms with Gasteiger partial charge in [0.2, 0.25) is 17.9 Å². The average Bonchev–Trinajstić information content (AvgIpc) is 3.40. The van der Waals surface area contributed by atoms with Crippen molar-refractivity contribution < 1.29 is 36.6 Å². The Balaban J connectivity index is 1.29. The number of hydrogen-bond donors (Lipinski definition) is 2. The van der Waals surface area contributed by atoms with Crippen LogP contribution in [0, 0.1) is 11.2 Å². The third kappa shape index (κ3) is 6.98. The highest BCUT2D eigenvalue weighted by atomic mass is 19.4. The molecule has 0 bridgehead atoms. The lowest BCUT2D eigenvalue weighted by Crippen LogP contribution is -2.41. The number of piperidine rings is 1. The number of nitrogens with two attached hydrogens (primary N) is 1. The lowest BCUT2D eigenvalue weighted by Gasteiger charge is -2.39. The van der Waals surface area contributed by atoms with Crippen molar-refractivity contribution in [2.45, 2.75) is 51.4 Å². The van der Waals surface area contributed by atoms with Crippen LogP contribution in [0.4, 0.5) is 29.3 Å². The molecule has 0 unspecified atom stereocenters. The van der Waals surface area contributed by atoms with E-state index in [9.17, 15) is 22.4 Å². The van der Waals surface area contributed by atoms with Crippen LogP contribution in [-0.4, -0.2) is 61.0 Å². The van der Waals surface area contributed by atoms with E-state index in [4.69, 9.17) is 19.9 Å². The number of nitrogen functional groups attached to an aromatic ring is 1. The third-order valence-corrected chi connectivity index (χ3v) is 8.10. The number of carbonyl (C=O) groups is 1. The number of nitrogens with zero attached hydrogens (tertiary/aromatic N) is 3. The molecule has 5 rings (SSSR count). The van der Waals surface area contributed by atoms with Gasteiger partial charge in [-0.15, -0.1) is 0 Å². The van der Waals surface area contributed by atoms with E-state index in [1.165, 1.54) is 42.5 Å². The maximum absolute atomic E-state index is 14.3. The summed E-state index contributed by atoms with van der Waals surface area (Å²) in [6.07, 6.45) is -4.92. The molecule has 1 spiro atoms. The van der Waals surface area contributed by atoms with Crippen molar-refractivity contribution in [2.24, 2.45) is 5.41 Å². The van der Waals surface area contributed by atoms with Crippen LogP contribution >= 0.6 is 0 Å². The lowest BCUT2D eigenvalue weighted by molar-refractivity contribution is -0.198. The normalized spacial score (nSPS) is 18.7. The topological polar surface area (TPSA) is 112 Å². The van der Waals surface area contributed by atoms with Gasteiger partial charge in [0, 0.05) is 31.3 Å². The first kappa shape index (κ1) is 31.3. The molecule has 44 heavy (non-hydrogen) atoms. The van der Waals surface area contributed by atoms with E-state index in [1.54, 1.807) is 19.9 Å². The number of nitrogens with one attached hydrogen (secondary N) is 1. The van der Waals surface area contributed by atoms with Crippen molar-refractivity contribution in [1.29, 1.82) is 0 Å². The molecule has 2 atom stereocenters. The highest BCUT2D eigenvalue weighted by Crippen LogP contribution is 2.42. The van der Waals surface area contributed by atoms with Crippen LogP contribution in [0.5, 0.6) is 11.6 Å². The maximum atomic E-state index is 14.3. The van der Waals surface area contributed by atoms with Crippen molar-refractivity contribution in [2.75, 3.05) is 43.5 Å². The predicted octanol–water partition coefficient (Wildman–Crippen LogP) is 5.46. The van der Waals surface area contributed by atoms with E-state index in [2.05, 4.69) is 15.3 Å². The first-order chi connectivity index (χ1) is 21.0. The number of alkyl halides is 3. The highest BCUT2D eigenvalue weighted by molar-refractivity contribution is 5.76. The van der Waals surface area contributed by atoms with Crippen LogP contribution < -0.4 is 25.4 Å². The Kier molecular flexibility index (Phi) is 9.14. The molecule has 2 saturated heterocycles. The van der Waals surface area contributed by atoms with Gasteiger partial charge in [0.15, 0.2) is 11.6 Å². The predicted molar refractivity (Wildman–Crippen MR) is 156 cm³/mol. The van der Waals surface area contributed by atoms with Crippen molar-refractivity contribution >= 4 is 17.7 Å². The number of benzene rings is 2. The minimum Gasteiger partial charge on any atom is -0.491 e. The zero-order chi connectivity index (χ0) is 31.5. The van der Waals surface area contributed by atoms with E-state index in [-0.39, 0.29) is 40.6 Å². The second-order valence-electron chi connectivity index (χ2n) is 11.0. The van der Waals surface area contributed by atoms with Gasteiger partial charge in [0.1, 0.15) is 11.9 Å². The Bertz CT molecular complexity index is 1460. The van der Waals surface area contributed by atoms with E-state index in [0.29, 0.717) is 56.2 Å². The number of rotatable bonds is 9. The zero-order valence-corrected chi connectivity index (χ0v) is 24.5. The van der Waals surface area contributed by atoms with Gasteiger partial charge in [0.25, 0.3) is 0 Å². The van der Waals surface area contributed by atoms with E-state index in [1.807, 2.05) is 4.90 Å². The molecule has 2 aliphatic heterocycles. The highest BCUT2D eigenvalue weighted by Gasteiger charge is 2.45. The minimum absolute atomic E-state index is 0.0729. The van der Waals surface area contributed by atoms with Crippen molar-refractivity contribution in [1.82, 2.24) is 15.3 Å². The average molecular weight is 618 g/mol. The number of hydrogen-bond acceptors (Lipinski definition) is 9. The Morgan fingerprint density at radius 1 is 1.07 bits per heavy atom. The monoisotopic (exact) mass is 617 g/mol. The van der Waals surface area contributed by atoms with Crippen LogP contribution in [0.15, 0.2) is 48.5 Å². The number of carbonyl (C=O) groups excluding carboxylic acids is 1. The third-order valence-electron chi connectivity index (χ3n) is 8.10. The summed E-state index contributed by atoms with van der Waals surface area (Å²) >= 11 is 0. The molecule has 1 aromatic heterocycles. The number of halogens is 4. The Labute approximate surface area is 252 Å². The van der Waals surface area contributed by atoms with Crippen LogP contribution in [0.25, 0.3) is 11.1 Å². The second-order valence-corrected chi connectivity index (χ2v) is 11.0. The number of anilines is 2. The summed E-state index contributed by atoms with van der Waals surface area (Å²) < 4.78 is 72.8. The fourth-order valence-corrected chi connectivity index (χ4v) is 5.82. The summed E-state index contributed by atoms with van der Waals surface area (Å²) in [5.41, 5.74) is 6.69. The molecule has 3 N–H and O–H groups in total.